The van der Waals surface area contributed by atoms with Crippen LogP contribution in [0.2, 0.25) is 0 Å². The highest BCUT2D eigenvalue weighted by molar-refractivity contribution is 5.30. The Morgan fingerprint density at radius 2 is 1.50 bits per heavy atom. The van der Waals surface area contributed by atoms with Gasteiger partial charge in [0.15, 0.2) is 0 Å². The molecule has 0 unspecified atom stereocenters. The molecule has 0 aromatic heterocycles. The minimum atomic E-state index is 0.912. The topological polar surface area (TPSA) is 15.7 Å². The average molecular weight is 246 g/mol. The molecule has 0 radical (unpaired) electrons. The predicted molar refractivity (Wildman–Crippen MR) is 72.4 cm³/mol. The fourth-order valence-corrected chi connectivity index (χ4v) is 2.90. The standard InChI is InChI=1S/C15H22N2O/c1-2-5-15-13-17(12-14(15)4-1)7-3-6-16-8-10-18-11-9-16/h1-2,4-5H,3,6-13H2. The summed E-state index contributed by atoms with van der Waals surface area (Å²) in [4.78, 5) is 5.08. The van der Waals surface area contributed by atoms with Crippen molar-refractivity contribution < 1.29 is 4.74 Å². The molecule has 0 spiro atoms. The van der Waals surface area contributed by atoms with E-state index >= 15 is 0 Å². The molecular weight excluding hydrogens is 224 g/mol. The van der Waals surface area contributed by atoms with Crippen molar-refractivity contribution in [1.82, 2.24) is 9.80 Å². The van der Waals surface area contributed by atoms with Crippen molar-refractivity contribution in [3.05, 3.63) is 35.4 Å². The second-order valence-electron chi connectivity index (χ2n) is 5.29. The van der Waals surface area contributed by atoms with Crippen LogP contribution in [0.5, 0.6) is 0 Å². The van der Waals surface area contributed by atoms with Gasteiger partial charge in [-0.15, -0.1) is 0 Å². The summed E-state index contributed by atoms with van der Waals surface area (Å²) in [7, 11) is 0. The molecule has 2 aliphatic heterocycles. The van der Waals surface area contributed by atoms with Gasteiger partial charge in [0.2, 0.25) is 0 Å². The largest absolute Gasteiger partial charge is 0.379 e. The normalized spacial score (nSPS) is 21.1. The number of ether oxygens (including phenoxy) is 1. The summed E-state index contributed by atoms with van der Waals surface area (Å²) in [6.07, 6.45) is 1.27. The van der Waals surface area contributed by atoms with Crippen molar-refractivity contribution in [2.75, 3.05) is 39.4 Å². The molecule has 2 aliphatic rings. The molecule has 0 aliphatic carbocycles. The highest BCUT2D eigenvalue weighted by atomic mass is 16.5. The van der Waals surface area contributed by atoms with Gasteiger partial charge in [0.25, 0.3) is 0 Å². The number of fused-ring (bicyclic) bond motifs is 1. The van der Waals surface area contributed by atoms with Gasteiger partial charge in [0, 0.05) is 32.7 Å². The summed E-state index contributed by atoms with van der Waals surface area (Å²) in [5, 5.41) is 0. The highest BCUT2D eigenvalue weighted by Crippen LogP contribution is 2.21. The molecule has 98 valence electrons. The van der Waals surface area contributed by atoms with E-state index in [9.17, 15) is 0 Å². The molecule has 0 saturated carbocycles. The quantitative estimate of drug-likeness (QED) is 0.804. The van der Waals surface area contributed by atoms with E-state index in [2.05, 4.69) is 34.1 Å². The molecule has 2 heterocycles. The number of hydrogen-bond acceptors (Lipinski definition) is 3. The van der Waals surface area contributed by atoms with Crippen molar-refractivity contribution in [3.63, 3.8) is 0 Å². The van der Waals surface area contributed by atoms with E-state index in [1.54, 1.807) is 0 Å². The molecule has 1 saturated heterocycles. The van der Waals surface area contributed by atoms with Crippen LogP contribution in [-0.4, -0.2) is 49.2 Å². The third-order valence-electron chi connectivity index (χ3n) is 3.96. The Kier molecular flexibility index (Phi) is 3.93. The maximum Gasteiger partial charge on any atom is 0.0594 e. The van der Waals surface area contributed by atoms with Crippen LogP contribution in [0.3, 0.4) is 0 Å². The smallest absolute Gasteiger partial charge is 0.0594 e. The lowest BCUT2D eigenvalue weighted by Gasteiger charge is -2.27. The second kappa shape index (κ2) is 5.83. The first-order chi connectivity index (χ1) is 8.92. The van der Waals surface area contributed by atoms with Crippen LogP contribution in [0.1, 0.15) is 17.5 Å². The third-order valence-corrected chi connectivity index (χ3v) is 3.96. The fraction of sp³-hybridized carbons (Fsp3) is 0.600. The summed E-state index contributed by atoms with van der Waals surface area (Å²) < 4.78 is 5.37. The van der Waals surface area contributed by atoms with Crippen molar-refractivity contribution in [3.8, 4) is 0 Å². The van der Waals surface area contributed by atoms with Gasteiger partial charge >= 0.3 is 0 Å². The molecular formula is C15H22N2O. The van der Waals surface area contributed by atoms with Crippen LogP contribution in [0.4, 0.5) is 0 Å². The summed E-state index contributed by atoms with van der Waals surface area (Å²) in [6.45, 7) is 8.76. The zero-order valence-electron chi connectivity index (χ0n) is 11.0. The van der Waals surface area contributed by atoms with Gasteiger partial charge < -0.3 is 4.74 Å². The Hall–Kier alpha value is -0.900. The fourth-order valence-electron chi connectivity index (χ4n) is 2.90. The summed E-state index contributed by atoms with van der Waals surface area (Å²) in [5.41, 5.74) is 3.03. The maximum atomic E-state index is 5.37. The van der Waals surface area contributed by atoms with Crippen molar-refractivity contribution in [2.24, 2.45) is 0 Å². The lowest BCUT2D eigenvalue weighted by atomic mass is 10.1. The van der Waals surface area contributed by atoms with E-state index in [0.29, 0.717) is 0 Å². The van der Waals surface area contributed by atoms with E-state index in [0.717, 1.165) is 39.4 Å². The van der Waals surface area contributed by atoms with Crippen LogP contribution >= 0.6 is 0 Å². The number of benzene rings is 1. The Morgan fingerprint density at radius 1 is 0.889 bits per heavy atom. The Morgan fingerprint density at radius 3 is 2.17 bits per heavy atom. The van der Waals surface area contributed by atoms with Gasteiger partial charge in [-0.25, -0.2) is 0 Å². The second-order valence-corrected chi connectivity index (χ2v) is 5.29. The molecule has 3 rings (SSSR count). The van der Waals surface area contributed by atoms with E-state index in [1.807, 2.05) is 0 Å². The first kappa shape index (κ1) is 12.2. The number of rotatable bonds is 4. The molecule has 0 amide bonds. The minimum Gasteiger partial charge on any atom is -0.379 e. The van der Waals surface area contributed by atoms with Gasteiger partial charge in [-0.05, 0) is 24.1 Å². The zero-order valence-corrected chi connectivity index (χ0v) is 11.0. The molecule has 0 atom stereocenters. The van der Waals surface area contributed by atoms with E-state index in [4.69, 9.17) is 4.74 Å². The Labute approximate surface area is 109 Å². The van der Waals surface area contributed by atoms with Crippen molar-refractivity contribution in [2.45, 2.75) is 19.5 Å². The van der Waals surface area contributed by atoms with Crippen LogP contribution < -0.4 is 0 Å². The molecule has 1 fully saturated rings. The average Bonchev–Trinajstić information content (AvgIpc) is 2.82. The SMILES string of the molecule is c1ccc2c(c1)CN(CCCN1CCOCC1)C2. The van der Waals surface area contributed by atoms with Crippen LogP contribution in [0.25, 0.3) is 0 Å². The lowest BCUT2D eigenvalue weighted by Crippen LogP contribution is -2.37. The van der Waals surface area contributed by atoms with Crippen LogP contribution in [0, 0.1) is 0 Å². The lowest BCUT2D eigenvalue weighted by molar-refractivity contribution is 0.0360. The summed E-state index contributed by atoms with van der Waals surface area (Å²) in [5.74, 6) is 0. The van der Waals surface area contributed by atoms with Gasteiger partial charge in [-0.2, -0.15) is 0 Å². The van der Waals surface area contributed by atoms with E-state index in [1.165, 1.54) is 30.6 Å². The van der Waals surface area contributed by atoms with E-state index in [-0.39, 0.29) is 0 Å². The number of hydrogen-bond donors (Lipinski definition) is 0. The number of nitrogens with zero attached hydrogens (tertiary/aromatic N) is 2. The van der Waals surface area contributed by atoms with Crippen LogP contribution in [0.15, 0.2) is 24.3 Å². The van der Waals surface area contributed by atoms with Gasteiger partial charge in [0.05, 0.1) is 13.2 Å². The molecule has 18 heavy (non-hydrogen) atoms. The van der Waals surface area contributed by atoms with Gasteiger partial charge in [-0.3, -0.25) is 9.80 Å². The first-order valence-corrected chi connectivity index (χ1v) is 7.01. The molecule has 1 aromatic carbocycles. The summed E-state index contributed by atoms with van der Waals surface area (Å²) in [6, 6.07) is 8.82. The Bertz CT molecular complexity index is 363. The molecule has 0 N–H and O–H groups in total. The van der Waals surface area contributed by atoms with Crippen molar-refractivity contribution >= 4 is 0 Å². The molecule has 3 heteroatoms. The highest BCUT2D eigenvalue weighted by Gasteiger charge is 2.18. The maximum absolute atomic E-state index is 5.37. The Balaban J connectivity index is 1.40. The number of morpholine rings is 1. The van der Waals surface area contributed by atoms with E-state index < -0.39 is 0 Å². The zero-order chi connectivity index (χ0) is 12.2. The van der Waals surface area contributed by atoms with Crippen molar-refractivity contribution in [1.29, 1.82) is 0 Å². The monoisotopic (exact) mass is 246 g/mol. The molecule has 1 aromatic rings. The first-order valence-electron chi connectivity index (χ1n) is 7.01. The minimum absolute atomic E-state index is 0.912. The van der Waals surface area contributed by atoms with Gasteiger partial charge in [0.1, 0.15) is 0 Å². The molecule has 3 nitrogen and oxygen atoms in total. The van der Waals surface area contributed by atoms with Crippen LogP contribution in [-0.2, 0) is 17.8 Å². The third kappa shape index (κ3) is 2.91. The summed E-state index contributed by atoms with van der Waals surface area (Å²) >= 11 is 0. The molecule has 0 bridgehead atoms. The predicted octanol–water partition coefficient (Wildman–Crippen LogP) is 1.72. The van der Waals surface area contributed by atoms with Gasteiger partial charge in [-0.1, -0.05) is 24.3 Å².